The van der Waals surface area contributed by atoms with Gasteiger partial charge in [0, 0.05) is 5.02 Å². The summed E-state index contributed by atoms with van der Waals surface area (Å²) in [5.41, 5.74) is 1.95. The van der Waals surface area contributed by atoms with Crippen molar-refractivity contribution in [2.24, 2.45) is 0 Å². The Morgan fingerprint density at radius 1 is 1.00 bits per heavy atom. The molecule has 0 aliphatic carbocycles. The van der Waals surface area contributed by atoms with Crippen LogP contribution in [0.3, 0.4) is 0 Å². The van der Waals surface area contributed by atoms with E-state index in [-0.39, 0.29) is 4.49 Å². The number of hydrogen-bond donors (Lipinski definition) is 0. The zero-order valence-corrected chi connectivity index (χ0v) is 14.5. The van der Waals surface area contributed by atoms with Crippen LogP contribution in [0.1, 0.15) is 11.1 Å². The van der Waals surface area contributed by atoms with Crippen molar-refractivity contribution in [2.45, 2.75) is 13.8 Å². The topological polar surface area (TPSA) is 18.5 Å². The molecule has 0 unspecified atom stereocenters. The molecule has 5 heteroatoms. The van der Waals surface area contributed by atoms with E-state index in [2.05, 4.69) is 0 Å². The molecule has 0 aliphatic rings. The minimum absolute atomic E-state index is 0.193. The highest BCUT2D eigenvalue weighted by Crippen LogP contribution is 2.31. The lowest BCUT2D eigenvalue weighted by Crippen LogP contribution is -1.99. The number of rotatable bonds is 5. The van der Waals surface area contributed by atoms with Crippen molar-refractivity contribution in [1.82, 2.24) is 0 Å². The molecule has 0 aromatic heterocycles. The molecule has 2 rings (SSSR count). The van der Waals surface area contributed by atoms with Gasteiger partial charge in [-0.05, 0) is 67.4 Å². The maximum atomic E-state index is 5.86. The van der Waals surface area contributed by atoms with E-state index in [9.17, 15) is 0 Å². The molecule has 2 nitrogen and oxygen atoms in total. The Labute approximate surface area is 145 Å². The van der Waals surface area contributed by atoms with E-state index in [0.29, 0.717) is 11.6 Å². The molecular weight excluding hydrogens is 343 g/mol. The fourth-order valence-electron chi connectivity index (χ4n) is 2.02. The Bertz CT molecular complexity index is 652. The van der Waals surface area contributed by atoms with Crippen LogP contribution in [0.2, 0.25) is 5.02 Å². The zero-order valence-electron chi connectivity index (χ0n) is 12.2. The van der Waals surface area contributed by atoms with Gasteiger partial charge in [-0.1, -0.05) is 34.8 Å². The quantitative estimate of drug-likeness (QED) is 0.612. The predicted molar refractivity (Wildman–Crippen MR) is 92.7 cm³/mol. The van der Waals surface area contributed by atoms with Gasteiger partial charge >= 0.3 is 0 Å². The fourth-order valence-corrected chi connectivity index (χ4v) is 2.28. The second-order valence-corrected chi connectivity index (χ2v) is 6.19. The Balaban J connectivity index is 2.15. The van der Waals surface area contributed by atoms with E-state index in [0.717, 1.165) is 28.4 Å². The summed E-state index contributed by atoms with van der Waals surface area (Å²) in [6.45, 7) is 4.24. The van der Waals surface area contributed by atoms with Crippen LogP contribution in [-0.4, -0.2) is 6.61 Å². The molecule has 0 atom stereocenters. The monoisotopic (exact) mass is 356 g/mol. The third-order valence-electron chi connectivity index (χ3n) is 2.95. The Morgan fingerprint density at radius 2 is 1.59 bits per heavy atom. The summed E-state index contributed by atoms with van der Waals surface area (Å²) in [6.07, 6.45) is 1.60. The van der Waals surface area contributed by atoms with Gasteiger partial charge in [0.1, 0.15) is 28.3 Å². The van der Waals surface area contributed by atoms with Gasteiger partial charge in [-0.25, -0.2) is 0 Å². The third-order valence-corrected chi connectivity index (χ3v) is 3.51. The van der Waals surface area contributed by atoms with E-state index in [1.165, 1.54) is 0 Å². The standard InChI is InChI=1S/C17H15Cl3O2/c1-11-9-15(22-14-5-3-13(18)4-6-14)10-12(2)17(11)21-8-7-16(19)20/h3-7,9-10H,8H2,1-2H3. The molecule has 0 aliphatic heterocycles. The lowest BCUT2D eigenvalue weighted by atomic mass is 10.1. The summed E-state index contributed by atoms with van der Waals surface area (Å²) in [7, 11) is 0. The molecule has 0 heterocycles. The fraction of sp³-hybridized carbons (Fsp3) is 0.176. The van der Waals surface area contributed by atoms with E-state index in [4.69, 9.17) is 44.3 Å². The van der Waals surface area contributed by atoms with Crippen molar-refractivity contribution < 1.29 is 9.47 Å². The van der Waals surface area contributed by atoms with E-state index in [1.54, 1.807) is 18.2 Å². The molecule has 0 amide bonds. The van der Waals surface area contributed by atoms with Gasteiger partial charge in [0.05, 0.1) is 0 Å². The Hall–Kier alpha value is -1.35. The molecule has 0 fully saturated rings. The SMILES string of the molecule is Cc1cc(Oc2ccc(Cl)cc2)cc(C)c1OCC=C(Cl)Cl. The normalized spacial score (nSPS) is 10.2. The lowest BCUT2D eigenvalue weighted by molar-refractivity contribution is 0.356. The van der Waals surface area contributed by atoms with E-state index < -0.39 is 0 Å². The maximum absolute atomic E-state index is 5.86. The number of benzene rings is 2. The number of hydrogen-bond acceptors (Lipinski definition) is 2. The number of halogens is 3. The molecule has 22 heavy (non-hydrogen) atoms. The van der Waals surface area contributed by atoms with Crippen LogP contribution in [0.15, 0.2) is 47.0 Å². The van der Waals surface area contributed by atoms with Gasteiger partial charge in [0.25, 0.3) is 0 Å². The molecular formula is C17H15Cl3O2. The maximum Gasteiger partial charge on any atom is 0.128 e. The zero-order chi connectivity index (χ0) is 16.1. The average molecular weight is 358 g/mol. The summed E-state index contributed by atoms with van der Waals surface area (Å²) >= 11 is 17.0. The van der Waals surface area contributed by atoms with Crippen LogP contribution in [0, 0.1) is 13.8 Å². The number of aryl methyl sites for hydroxylation is 2. The molecule has 0 saturated carbocycles. The average Bonchev–Trinajstić information content (AvgIpc) is 2.44. The molecule has 0 saturated heterocycles. The van der Waals surface area contributed by atoms with Crippen molar-refractivity contribution in [3.8, 4) is 17.2 Å². The van der Waals surface area contributed by atoms with Crippen LogP contribution < -0.4 is 9.47 Å². The van der Waals surface area contributed by atoms with Gasteiger partial charge in [0.15, 0.2) is 0 Å². The first-order valence-electron chi connectivity index (χ1n) is 6.64. The first kappa shape index (κ1) is 17.0. The smallest absolute Gasteiger partial charge is 0.128 e. The van der Waals surface area contributed by atoms with Crippen LogP contribution >= 0.6 is 34.8 Å². The van der Waals surface area contributed by atoms with Crippen LogP contribution in [0.4, 0.5) is 0 Å². The van der Waals surface area contributed by atoms with Crippen LogP contribution in [-0.2, 0) is 0 Å². The number of ether oxygens (including phenoxy) is 2. The largest absolute Gasteiger partial charge is 0.489 e. The van der Waals surface area contributed by atoms with Gasteiger partial charge < -0.3 is 9.47 Å². The van der Waals surface area contributed by atoms with Crippen molar-refractivity contribution in [1.29, 1.82) is 0 Å². The van der Waals surface area contributed by atoms with Crippen LogP contribution in [0.5, 0.6) is 17.2 Å². The molecule has 0 N–H and O–H groups in total. The first-order chi connectivity index (χ1) is 10.5. The summed E-state index contributed by atoms with van der Waals surface area (Å²) < 4.78 is 11.7. The van der Waals surface area contributed by atoms with E-state index >= 15 is 0 Å². The van der Waals surface area contributed by atoms with Gasteiger partial charge in [-0.3, -0.25) is 0 Å². The summed E-state index contributed by atoms with van der Waals surface area (Å²) in [5.74, 6) is 2.28. The van der Waals surface area contributed by atoms with Crippen molar-refractivity contribution in [3.05, 3.63) is 63.1 Å². The van der Waals surface area contributed by atoms with Crippen molar-refractivity contribution in [3.63, 3.8) is 0 Å². The second kappa shape index (κ2) is 7.77. The third kappa shape index (κ3) is 4.84. The minimum Gasteiger partial charge on any atom is -0.489 e. The van der Waals surface area contributed by atoms with Crippen molar-refractivity contribution >= 4 is 34.8 Å². The van der Waals surface area contributed by atoms with Gasteiger partial charge in [-0.15, -0.1) is 0 Å². The lowest BCUT2D eigenvalue weighted by Gasteiger charge is -2.13. The highest BCUT2D eigenvalue weighted by Gasteiger charge is 2.08. The summed E-state index contributed by atoms with van der Waals surface area (Å²) in [6, 6.07) is 11.1. The Morgan fingerprint density at radius 3 is 2.14 bits per heavy atom. The predicted octanol–water partition coefficient (Wildman–Crippen LogP) is 6.45. The molecule has 116 valence electrons. The summed E-state index contributed by atoms with van der Waals surface area (Å²) in [4.78, 5) is 0. The van der Waals surface area contributed by atoms with Crippen molar-refractivity contribution in [2.75, 3.05) is 6.61 Å². The highest BCUT2D eigenvalue weighted by molar-refractivity contribution is 6.55. The molecule has 0 bridgehead atoms. The molecule has 2 aromatic rings. The second-order valence-electron chi connectivity index (χ2n) is 4.75. The molecule has 0 radical (unpaired) electrons. The van der Waals surface area contributed by atoms with E-state index in [1.807, 2.05) is 38.1 Å². The van der Waals surface area contributed by atoms with Crippen LogP contribution in [0.25, 0.3) is 0 Å². The summed E-state index contributed by atoms with van der Waals surface area (Å²) in [5, 5.41) is 0.675. The first-order valence-corrected chi connectivity index (χ1v) is 7.77. The van der Waals surface area contributed by atoms with Gasteiger partial charge in [0.2, 0.25) is 0 Å². The highest BCUT2D eigenvalue weighted by atomic mass is 35.5. The molecule has 0 spiro atoms. The molecule has 2 aromatic carbocycles. The van der Waals surface area contributed by atoms with Gasteiger partial charge in [-0.2, -0.15) is 0 Å². The minimum atomic E-state index is 0.193. The Kier molecular flexibility index (Phi) is 6.01.